The minimum atomic E-state index is -0.00575. The third-order valence-corrected chi connectivity index (χ3v) is 2.22. The van der Waals surface area contributed by atoms with Gasteiger partial charge in [0, 0.05) is 0 Å². The molecule has 0 aromatic carbocycles. The van der Waals surface area contributed by atoms with Gasteiger partial charge < -0.3 is 4.74 Å². The molecule has 76 valence electrons. The van der Waals surface area contributed by atoms with E-state index in [-0.39, 0.29) is 5.60 Å². The molecule has 0 heterocycles. The van der Waals surface area contributed by atoms with Gasteiger partial charge in [-0.1, -0.05) is 25.0 Å². The summed E-state index contributed by atoms with van der Waals surface area (Å²) in [7, 11) is 0. The lowest BCUT2D eigenvalue weighted by molar-refractivity contribution is -0.0421. The molecular weight excluding hydrogens is 160 g/mol. The topological polar surface area (TPSA) is 9.23 Å². The molecule has 0 aromatic heterocycles. The van der Waals surface area contributed by atoms with Crippen LogP contribution in [0.1, 0.15) is 52.9 Å². The fourth-order valence-corrected chi connectivity index (χ4v) is 1.68. The lowest BCUT2D eigenvalue weighted by Crippen LogP contribution is -2.26. The predicted molar refractivity (Wildman–Crippen MR) is 56.9 cm³/mol. The van der Waals surface area contributed by atoms with Gasteiger partial charge in [-0.25, -0.2) is 0 Å². The molecule has 0 fully saturated rings. The predicted octanol–water partition coefficient (Wildman–Crippen LogP) is 3.69. The van der Waals surface area contributed by atoms with E-state index in [0.717, 1.165) is 0 Å². The fourth-order valence-electron chi connectivity index (χ4n) is 1.68. The number of rotatable bonds is 1. The molecular formula is C12H22O. The monoisotopic (exact) mass is 182 g/mol. The van der Waals surface area contributed by atoms with E-state index in [0.29, 0.717) is 6.10 Å². The summed E-state index contributed by atoms with van der Waals surface area (Å²) >= 11 is 0. The van der Waals surface area contributed by atoms with Crippen LogP contribution in [0.4, 0.5) is 0 Å². The number of hydrogen-bond donors (Lipinski definition) is 0. The Hall–Kier alpha value is -0.300. The summed E-state index contributed by atoms with van der Waals surface area (Å²) in [4.78, 5) is 0. The number of ether oxygens (including phenoxy) is 1. The molecule has 0 amide bonds. The third kappa shape index (κ3) is 5.09. The first-order chi connectivity index (χ1) is 6.08. The van der Waals surface area contributed by atoms with E-state index in [2.05, 4.69) is 32.9 Å². The third-order valence-electron chi connectivity index (χ3n) is 2.22. The van der Waals surface area contributed by atoms with Crippen LogP contribution in [0.15, 0.2) is 12.2 Å². The van der Waals surface area contributed by atoms with Gasteiger partial charge >= 0.3 is 0 Å². The van der Waals surface area contributed by atoms with Gasteiger partial charge in [0.05, 0.1) is 11.7 Å². The quantitative estimate of drug-likeness (QED) is 0.562. The molecule has 0 aromatic rings. The standard InChI is InChI=1S/C12H22O/c1-12(2,3)13-11-9-7-5-4-6-8-10-11/h7,9,11H,4-6,8,10H2,1-3H3/b9-7+/t11-/m1/s1. The molecule has 1 aliphatic rings. The second-order valence-corrected chi connectivity index (χ2v) is 4.83. The van der Waals surface area contributed by atoms with E-state index in [1.807, 2.05) is 0 Å². The van der Waals surface area contributed by atoms with Crippen molar-refractivity contribution >= 4 is 0 Å². The lowest BCUT2D eigenvalue weighted by atomic mass is 10.0. The van der Waals surface area contributed by atoms with Crippen molar-refractivity contribution in [3.05, 3.63) is 12.2 Å². The van der Waals surface area contributed by atoms with Crippen LogP contribution >= 0.6 is 0 Å². The molecule has 0 radical (unpaired) electrons. The van der Waals surface area contributed by atoms with E-state index < -0.39 is 0 Å². The van der Waals surface area contributed by atoms with Gasteiger partial charge in [-0.05, 0) is 40.0 Å². The van der Waals surface area contributed by atoms with Crippen LogP contribution in [-0.4, -0.2) is 11.7 Å². The molecule has 1 atom stereocenters. The van der Waals surface area contributed by atoms with Crippen molar-refractivity contribution in [3.63, 3.8) is 0 Å². The first kappa shape index (κ1) is 10.8. The molecule has 1 nitrogen and oxygen atoms in total. The molecule has 1 aliphatic carbocycles. The van der Waals surface area contributed by atoms with Crippen molar-refractivity contribution in [1.29, 1.82) is 0 Å². The Kier molecular flexibility index (Phi) is 3.98. The highest BCUT2D eigenvalue weighted by molar-refractivity contribution is 4.92. The smallest absolute Gasteiger partial charge is 0.0762 e. The maximum atomic E-state index is 5.93. The molecule has 0 saturated heterocycles. The maximum absolute atomic E-state index is 5.93. The van der Waals surface area contributed by atoms with E-state index in [9.17, 15) is 0 Å². The second-order valence-electron chi connectivity index (χ2n) is 4.83. The summed E-state index contributed by atoms with van der Waals surface area (Å²) in [6.45, 7) is 6.37. The molecule has 0 unspecified atom stereocenters. The van der Waals surface area contributed by atoms with Gasteiger partial charge in [0.15, 0.2) is 0 Å². The molecule has 1 heteroatoms. The summed E-state index contributed by atoms with van der Waals surface area (Å²) < 4.78 is 5.93. The lowest BCUT2D eigenvalue weighted by Gasteiger charge is -2.26. The van der Waals surface area contributed by atoms with Crippen molar-refractivity contribution in [2.75, 3.05) is 0 Å². The summed E-state index contributed by atoms with van der Waals surface area (Å²) in [5.41, 5.74) is -0.00575. The van der Waals surface area contributed by atoms with Gasteiger partial charge in [-0.2, -0.15) is 0 Å². The summed E-state index contributed by atoms with van der Waals surface area (Å²) in [5, 5.41) is 0. The first-order valence-electron chi connectivity index (χ1n) is 5.42. The molecule has 0 aliphatic heterocycles. The second kappa shape index (κ2) is 4.80. The molecule has 0 spiro atoms. The van der Waals surface area contributed by atoms with E-state index >= 15 is 0 Å². The van der Waals surface area contributed by atoms with Crippen LogP contribution in [0.3, 0.4) is 0 Å². The van der Waals surface area contributed by atoms with Gasteiger partial charge in [-0.3, -0.25) is 0 Å². The summed E-state index contributed by atoms with van der Waals surface area (Å²) in [6.07, 6.45) is 11.3. The normalized spacial score (nSPS) is 27.8. The Morgan fingerprint density at radius 2 is 1.92 bits per heavy atom. The Balaban J connectivity index is 2.42. The van der Waals surface area contributed by atoms with E-state index in [1.165, 1.54) is 32.1 Å². The SMILES string of the molecule is CC(C)(C)O[C@@H]1/C=C/CCCCC1. The fraction of sp³-hybridized carbons (Fsp3) is 0.833. The van der Waals surface area contributed by atoms with Gasteiger partial charge in [0.1, 0.15) is 0 Å². The molecule has 0 N–H and O–H groups in total. The molecule has 1 rings (SSSR count). The zero-order valence-corrected chi connectivity index (χ0v) is 9.18. The van der Waals surface area contributed by atoms with Crippen LogP contribution in [-0.2, 0) is 4.74 Å². The van der Waals surface area contributed by atoms with Crippen molar-refractivity contribution in [1.82, 2.24) is 0 Å². The molecule has 0 bridgehead atoms. The van der Waals surface area contributed by atoms with Crippen LogP contribution in [0.25, 0.3) is 0 Å². The van der Waals surface area contributed by atoms with Crippen molar-refractivity contribution in [2.45, 2.75) is 64.6 Å². The summed E-state index contributed by atoms with van der Waals surface area (Å²) in [6, 6.07) is 0. The minimum absolute atomic E-state index is 0.00575. The zero-order chi connectivity index (χ0) is 9.73. The zero-order valence-electron chi connectivity index (χ0n) is 9.18. The largest absolute Gasteiger partial charge is 0.369 e. The highest BCUT2D eigenvalue weighted by Gasteiger charge is 2.16. The van der Waals surface area contributed by atoms with Crippen LogP contribution in [0.5, 0.6) is 0 Å². The van der Waals surface area contributed by atoms with E-state index in [1.54, 1.807) is 0 Å². The Labute approximate surface area is 82.2 Å². The number of allylic oxidation sites excluding steroid dienone is 1. The molecule has 13 heavy (non-hydrogen) atoms. The Bertz CT molecular complexity index is 164. The maximum Gasteiger partial charge on any atom is 0.0762 e. The van der Waals surface area contributed by atoms with Gasteiger partial charge in [-0.15, -0.1) is 0 Å². The summed E-state index contributed by atoms with van der Waals surface area (Å²) in [5.74, 6) is 0. The van der Waals surface area contributed by atoms with E-state index in [4.69, 9.17) is 4.74 Å². The van der Waals surface area contributed by atoms with Crippen molar-refractivity contribution in [3.8, 4) is 0 Å². The Morgan fingerprint density at radius 1 is 1.15 bits per heavy atom. The van der Waals surface area contributed by atoms with Crippen LogP contribution in [0.2, 0.25) is 0 Å². The highest BCUT2D eigenvalue weighted by atomic mass is 16.5. The van der Waals surface area contributed by atoms with Crippen molar-refractivity contribution < 1.29 is 4.74 Å². The first-order valence-corrected chi connectivity index (χ1v) is 5.42. The van der Waals surface area contributed by atoms with Gasteiger partial charge in [0.2, 0.25) is 0 Å². The average Bonchev–Trinajstić information content (AvgIpc) is 1.92. The highest BCUT2D eigenvalue weighted by Crippen LogP contribution is 2.19. The van der Waals surface area contributed by atoms with Gasteiger partial charge in [0.25, 0.3) is 0 Å². The van der Waals surface area contributed by atoms with Crippen LogP contribution in [0, 0.1) is 0 Å². The molecule has 0 saturated carbocycles. The minimum Gasteiger partial charge on any atom is -0.369 e. The number of hydrogen-bond acceptors (Lipinski definition) is 1. The van der Waals surface area contributed by atoms with Crippen molar-refractivity contribution in [2.24, 2.45) is 0 Å². The average molecular weight is 182 g/mol. The van der Waals surface area contributed by atoms with Crippen LogP contribution < -0.4 is 0 Å². The Morgan fingerprint density at radius 3 is 2.62 bits per heavy atom.